The Balaban J connectivity index is 2.81. The summed E-state index contributed by atoms with van der Waals surface area (Å²) in [6.07, 6.45) is 1.97. The van der Waals surface area contributed by atoms with Gasteiger partial charge in [-0.15, -0.1) is 0 Å². The summed E-state index contributed by atoms with van der Waals surface area (Å²) in [6.45, 7) is 2.31. The molecule has 0 aliphatic heterocycles. The highest BCUT2D eigenvalue weighted by atomic mass is 79.9. The van der Waals surface area contributed by atoms with E-state index in [4.69, 9.17) is 9.47 Å². The van der Waals surface area contributed by atoms with Gasteiger partial charge in [-0.3, -0.25) is 9.59 Å². The Kier molecular flexibility index (Phi) is 4.70. The van der Waals surface area contributed by atoms with E-state index in [0.29, 0.717) is 12.8 Å². The van der Waals surface area contributed by atoms with Crippen LogP contribution in [0, 0.1) is 0 Å². The van der Waals surface area contributed by atoms with E-state index in [1.54, 1.807) is 0 Å². The van der Waals surface area contributed by atoms with Crippen LogP contribution in [0.4, 0.5) is 0 Å². The number of hydrogen-bond donors (Lipinski definition) is 1. The molecule has 5 nitrogen and oxygen atoms in total. The van der Waals surface area contributed by atoms with Crippen molar-refractivity contribution in [2.45, 2.75) is 38.4 Å². The van der Waals surface area contributed by atoms with Gasteiger partial charge in [0, 0.05) is 13.8 Å². The molecule has 0 saturated heterocycles. The Bertz CT molecular complexity index is 352. The van der Waals surface area contributed by atoms with E-state index in [-0.39, 0.29) is 6.61 Å². The molecule has 0 aromatic rings. The highest BCUT2D eigenvalue weighted by molar-refractivity contribution is 9.11. The van der Waals surface area contributed by atoms with Crippen LogP contribution in [0.15, 0.2) is 10.6 Å². The van der Waals surface area contributed by atoms with Gasteiger partial charge in [0.1, 0.15) is 12.7 Å². The molecule has 0 fully saturated rings. The van der Waals surface area contributed by atoms with Crippen molar-refractivity contribution in [3.63, 3.8) is 0 Å². The number of rotatable bonds is 3. The third-order valence-electron chi connectivity index (χ3n) is 2.42. The van der Waals surface area contributed by atoms with Crippen LogP contribution in [0.25, 0.3) is 0 Å². The number of carbonyl (C=O) groups excluding carboxylic acids is 2. The van der Waals surface area contributed by atoms with Crippen LogP contribution in [-0.4, -0.2) is 35.4 Å². The molecule has 2 atom stereocenters. The lowest BCUT2D eigenvalue weighted by Crippen LogP contribution is -2.49. The number of esters is 2. The largest absolute Gasteiger partial charge is 0.462 e. The fourth-order valence-corrected chi connectivity index (χ4v) is 2.29. The molecule has 1 aliphatic rings. The molecule has 0 radical (unpaired) electrons. The highest BCUT2D eigenvalue weighted by Gasteiger charge is 2.41. The Hall–Kier alpha value is -0.880. The monoisotopic (exact) mass is 306 g/mol. The molecule has 0 aromatic carbocycles. The number of ether oxygens (including phenoxy) is 2. The predicted octanol–water partition coefficient (Wildman–Crippen LogP) is 1.28. The molecular formula is C11H15BrO5. The maximum Gasteiger partial charge on any atom is 0.303 e. The summed E-state index contributed by atoms with van der Waals surface area (Å²) in [5, 5.41) is 10.3. The predicted molar refractivity (Wildman–Crippen MR) is 63.4 cm³/mol. The third-order valence-corrected chi connectivity index (χ3v) is 3.05. The molecular weight excluding hydrogens is 292 g/mol. The van der Waals surface area contributed by atoms with Crippen molar-refractivity contribution in [1.82, 2.24) is 0 Å². The van der Waals surface area contributed by atoms with Crippen LogP contribution in [0.1, 0.15) is 26.7 Å². The van der Waals surface area contributed by atoms with Gasteiger partial charge in [-0.2, -0.15) is 0 Å². The second kappa shape index (κ2) is 5.64. The first-order valence-electron chi connectivity index (χ1n) is 5.23. The molecule has 96 valence electrons. The van der Waals surface area contributed by atoms with Gasteiger partial charge in [0.2, 0.25) is 0 Å². The quantitative estimate of drug-likeness (QED) is 0.795. The normalized spacial score (nSPS) is 28.2. The summed E-state index contributed by atoms with van der Waals surface area (Å²) >= 11 is 3.28. The number of hydrogen-bond acceptors (Lipinski definition) is 5. The van der Waals surface area contributed by atoms with Gasteiger partial charge in [-0.25, -0.2) is 0 Å². The van der Waals surface area contributed by atoms with Crippen molar-refractivity contribution in [2.75, 3.05) is 6.61 Å². The second-order valence-electron chi connectivity index (χ2n) is 4.00. The van der Waals surface area contributed by atoms with Crippen molar-refractivity contribution in [1.29, 1.82) is 0 Å². The Morgan fingerprint density at radius 1 is 1.53 bits per heavy atom. The zero-order chi connectivity index (χ0) is 13.1. The molecule has 17 heavy (non-hydrogen) atoms. The summed E-state index contributed by atoms with van der Waals surface area (Å²) in [4.78, 5) is 21.7. The molecule has 0 saturated carbocycles. The lowest BCUT2D eigenvalue weighted by molar-refractivity contribution is -0.169. The van der Waals surface area contributed by atoms with E-state index < -0.39 is 23.6 Å². The number of carbonyl (C=O) groups is 2. The van der Waals surface area contributed by atoms with Crippen molar-refractivity contribution >= 4 is 27.9 Å². The average Bonchev–Trinajstić information content (AvgIpc) is 2.19. The van der Waals surface area contributed by atoms with Gasteiger partial charge in [0.25, 0.3) is 0 Å². The molecule has 1 aliphatic carbocycles. The van der Waals surface area contributed by atoms with Gasteiger partial charge >= 0.3 is 11.9 Å². The minimum absolute atomic E-state index is 0.227. The van der Waals surface area contributed by atoms with Crippen LogP contribution < -0.4 is 0 Å². The topological polar surface area (TPSA) is 72.8 Å². The minimum Gasteiger partial charge on any atom is -0.462 e. The summed E-state index contributed by atoms with van der Waals surface area (Å²) in [5.74, 6) is -0.960. The van der Waals surface area contributed by atoms with Crippen LogP contribution in [0.2, 0.25) is 0 Å². The zero-order valence-corrected chi connectivity index (χ0v) is 11.3. The number of allylic oxidation sites excluding steroid dienone is 1. The van der Waals surface area contributed by atoms with Crippen LogP contribution in [0.3, 0.4) is 0 Å². The van der Waals surface area contributed by atoms with Gasteiger partial charge in [0.05, 0.1) is 0 Å². The smallest absolute Gasteiger partial charge is 0.303 e. The molecule has 0 bridgehead atoms. The zero-order valence-electron chi connectivity index (χ0n) is 9.73. The number of halogens is 1. The van der Waals surface area contributed by atoms with Gasteiger partial charge in [-0.05, 0) is 23.4 Å². The van der Waals surface area contributed by atoms with E-state index in [0.717, 1.165) is 4.48 Å². The summed E-state index contributed by atoms with van der Waals surface area (Å²) in [6, 6.07) is 0. The van der Waals surface area contributed by atoms with Gasteiger partial charge in [0.15, 0.2) is 5.60 Å². The average molecular weight is 307 g/mol. The van der Waals surface area contributed by atoms with Crippen molar-refractivity contribution in [2.24, 2.45) is 0 Å². The Labute approximate surface area is 108 Å². The number of aliphatic hydroxyl groups is 1. The Morgan fingerprint density at radius 2 is 2.18 bits per heavy atom. The van der Waals surface area contributed by atoms with E-state index in [2.05, 4.69) is 15.9 Å². The van der Waals surface area contributed by atoms with Crippen molar-refractivity contribution < 1.29 is 24.2 Å². The fraction of sp³-hybridized carbons (Fsp3) is 0.636. The lowest BCUT2D eigenvalue weighted by Gasteiger charge is -2.35. The second-order valence-corrected chi connectivity index (χ2v) is 5.02. The Morgan fingerprint density at radius 3 is 2.71 bits per heavy atom. The standard InChI is InChI=1S/C11H15BrO5/c1-7(13)16-6-11(15)5-9(12)3-4-10(11)17-8(2)14/h5,10,15H,3-4,6H2,1-2H3/t10-,11-/m0/s1. The van der Waals surface area contributed by atoms with Crippen LogP contribution >= 0.6 is 15.9 Å². The summed E-state index contributed by atoms with van der Waals surface area (Å²) < 4.78 is 10.6. The molecule has 1 rings (SSSR count). The van der Waals surface area contributed by atoms with Crippen molar-refractivity contribution in [3.05, 3.63) is 10.6 Å². The molecule has 0 heterocycles. The molecule has 0 amide bonds. The van der Waals surface area contributed by atoms with E-state index in [9.17, 15) is 14.7 Å². The first-order chi connectivity index (χ1) is 7.83. The van der Waals surface area contributed by atoms with Crippen LogP contribution in [0.5, 0.6) is 0 Å². The van der Waals surface area contributed by atoms with Crippen LogP contribution in [-0.2, 0) is 19.1 Å². The highest BCUT2D eigenvalue weighted by Crippen LogP contribution is 2.32. The SMILES string of the molecule is CC(=O)OC[C@@]1(O)C=C(Br)CC[C@@H]1OC(C)=O. The molecule has 1 N–H and O–H groups in total. The van der Waals surface area contributed by atoms with E-state index in [1.807, 2.05) is 0 Å². The summed E-state index contributed by atoms with van der Waals surface area (Å²) in [5.41, 5.74) is -1.46. The minimum atomic E-state index is -1.46. The third kappa shape index (κ3) is 4.12. The van der Waals surface area contributed by atoms with Crippen molar-refractivity contribution in [3.8, 4) is 0 Å². The van der Waals surface area contributed by atoms with Gasteiger partial charge < -0.3 is 14.6 Å². The first-order valence-corrected chi connectivity index (χ1v) is 6.03. The summed E-state index contributed by atoms with van der Waals surface area (Å²) in [7, 11) is 0. The first kappa shape index (κ1) is 14.2. The van der Waals surface area contributed by atoms with Gasteiger partial charge in [-0.1, -0.05) is 15.9 Å². The lowest BCUT2D eigenvalue weighted by atomic mass is 9.88. The van der Waals surface area contributed by atoms with E-state index >= 15 is 0 Å². The van der Waals surface area contributed by atoms with E-state index in [1.165, 1.54) is 19.9 Å². The molecule has 0 aromatic heterocycles. The molecule has 6 heteroatoms. The molecule has 0 unspecified atom stereocenters. The maximum absolute atomic E-state index is 10.9. The molecule has 0 spiro atoms. The fourth-order valence-electron chi connectivity index (χ4n) is 1.67. The maximum atomic E-state index is 10.9.